The van der Waals surface area contributed by atoms with Gasteiger partial charge in [-0.3, -0.25) is 9.59 Å². The summed E-state index contributed by atoms with van der Waals surface area (Å²) >= 11 is 0. The topological polar surface area (TPSA) is 49.4 Å². The van der Waals surface area contributed by atoms with Gasteiger partial charge in [0, 0.05) is 24.3 Å². The van der Waals surface area contributed by atoms with Crippen LogP contribution in [0, 0.1) is 24.5 Å². The molecule has 3 rings (SSSR count). The van der Waals surface area contributed by atoms with Crippen molar-refractivity contribution in [2.75, 3.05) is 18.4 Å². The lowest BCUT2D eigenvalue weighted by Crippen LogP contribution is -2.43. The van der Waals surface area contributed by atoms with Gasteiger partial charge in [-0.1, -0.05) is 0 Å². The molecule has 6 heteroatoms. The van der Waals surface area contributed by atoms with Crippen LogP contribution in [0.1, 0.15) is 28.8 Å². The number of nitrogens with zero attached hydrogens (tertiary/aromatic N) is 1. The molecule has 1 heterocycles. The highest BCUT2D eigenvalue weighted by Crippen LogP contribution is 2.22. The second-order valence-corrected chi connectivity index (χ2v) is 6.55. The van der Waals surface area contributed by atoms with Crippen LogP contribution in [-0.2, 0) is 4.79 Å². The summed E-state index contributed by atoms with van der Waals surface area (Å²) in [6.45, 7) is 2.60. The van der Waals surface area contributed by atoms with E-state index < -0.39 is 5.82 Å². The first-order valence-corrected chi connectivity index (χ1v) is 8.56. The summed E-state index contributed by atoms with van der Waals surface area (Å²) in [5.41, 5.74) is 1.62. The van der Waals surface area contributed by atoms with Crippen molar-refractivity contribution in [3.63, 3.8) is 0 Å². The second-order valence-electron chi connectivity index (χ2n) is 6.55. The molecule has 2 aromatic carbocycles. The lowest BCUT2D eigenvalue weighted by Gasteiger charge is -2.32. The predicted molar refractivity (Wildman–Crippen MR) is 94.8 cm³/mol. The Morgan fingerprint density at radius 2 is 1.77 bits per heavy atom. The number of carbonyl (C=O) groups is 2. The van der Waals surface area contributed by atoms with Crippen LogP contribution in [0.25, 0.3) is 0 Å². The Balaban J connectivity index is 1.66. The fourth-order valence-corrected chi connectivity index (χ4v) is 3.15. The number of halogens is 2. The lowest BCUT2D eigenvalue weighted by atomic mass is 9.96. The zero-order chi connectivity index (χ0) is 18.7. The third-order valence-corrected chi connectivity index (χ3v) is 4.62. The van der Waals surface area contributed by atoms with Gasteiger partial charge in [0.25, 0.3) is 5.91 Å². The van der Waals surface area contributed by atoms with Gasteiger partial charge in [0.1, 0.15) is 11.6 Å². The van der Waals surface area contributed by atoms with Crippen molar-refractivity contribution >= 4 is 17.5 Å². The van der Waals surface area contributed by atoms with Crippen LogP contribution < -0.4 is 5.32 Å². The maximum atomic E-state index is 13.2. The van der Waals surface area contributed by atoms with E-state index >= 15 is 0 Å². The van der Waals surface area contributed by atoms with Crippen molar-refractivity contribution in [2.45, 2.75) is 19.8 Å². The number of hydrogen-bond acceptors (Lipinski definition) is 2. The highest BCUT2D eigenvalue weighted by Gasteiger charge is 2.29. The van der Waals surface area contributed by atoms with E-state index in [0.717, 1.165) is 0 Å². The number of nitrogens with one attached hydrogen (secondary N) is 1. The predicted octanol–water partition coefficient (Wildman–Crippen LogP) is 3.76. The Labute approximate surface area is 150 Å². The number of piperidine rings is 1. The smallest absolute Gasteiger partial charge is 0.253 e. The van der Waals surface area contributed by atoms with E-state index in [-0.39, 0.29) is 23.5 Å². The van der Waals surface area contributed by atoms with E-state index in [4.69, 9.17) is 0 Å². The minimum absolute atomic E-state index is 0.184. The van der Waals surface area contributed by atoms with Crippen LogP contribution in [0.2, 0.25) is 0 Å². The Bertz CT molecular complexity index is 821. The fourth-order valence-electron chi connectivity index (χ4n) is 3.15. The summed E-state index contributed by atoms with van der Waals surface area (Å²) in [4.78, 5) is 26.7. The van der Waals surface area contributed by atoms with Gasteiger partial charge in [-0.2, -0.15) is 0 Å². The van der Waals surface area contributed by atoms with E-state index in [9.17, 15) is 18.4 Å². The average molecular weight is 358 g/mol. The highest BCUT2D eigenvalue weighted by molar-refractivity contribution is 5.96. The summed E-state index contributed by atoms with van der Waals surface area (Å²) in [6, 6.07) is 9.59. The van der Waals surface area contributed by atoms with Crippen LogP contribution in [0.15, 0.2) is 42.5 Å². The zero-order valence-electron chi connectivity index (χ0n) is 14.5. The Morgan fingerprint density at radius 3 is 2.46 bits per heavy atom. The molecule has 0 saturated carbocycles. The minimum Gasteiger partial charge on any atom is -0.338 e. The maximum absolute atomic E-state index is 13.2. The molecule has 1 aliphatic heterocycles. The van der Waals surface area contributed by atoms with Crippen LogP contribution in [-0.4, -0.2) is 29.8 Å². The van der Waals surface area contributed by atoms with E-state index in [1.165, 1.54) is 42.5 Å². The van der Waals surface area contributed by atoms with Crippen LogP contribution >= 0.6 is 0 Å². The van der Waals surface area contributed by atoms with Crippen molar-refractivity contribution in [1.29, 1.82) is 0 Å². The molecular formula is C20H20F2N2O2. The number of rotatable bonds is 3. The van der Waals surface area contributed by atoms with E-state index in [2.05, 4.69) is 5.32 Å². The van der Waals surface area contributed by atoms with Gasteiger partial charge in [0.15, 0.2) is 0 Å². The Morgan fingerprint density at radius 1 is 1.08 bits per heavy atom. The molecule has 1 N–H and O–H groups in total. The molecule has 1 unspecified atom stereocenters. The quantitative estimate of drug-likeness (QED) is 0.908. The van der Waals surface area contributed by atoms with E-state index in [1.807, 2.05) is 0 Å². The fraction of sp³-hybridized carbons (Fsp3) is 0.300. The molecule has 0 aromatic heterocycles. The molecule has 4 nitrogen and oxygen atoms in total. The van der Waals surface area contributed by atoms with Gasteiger partial charge in [0.05, 0.1) is 5.92 Å². The maximum Gasteiger partial charge on any atom is 0.253 e. The summed E-state index contributed by atoms with van der Waals surface area (Å²) in [6.07, 6.45) is 1.40. The lowest BCUT2D eigenvalue weighted by molar-refractivity contribution is -0.121. The number of hydrogen-bond donors (Lipinski definition) is 1. The van der Waals surface area contributed by atoms with Gasteiger partial charge in [-0.25, -0.2) is 8.78 Å². The molecule has 2 aromatic rings. The highest BCUT2D eigenvalue weighted by atomic mass is 19.1. The zero-order valence-corrected chi connectivity index (χ0v) is 14.5. The number of amides is 2. The van der Waals surface area contributed by atoms with Crippen molar-refractivity contribution in [2.24, 2.45) is 5.92 Å². The molecule has 1 atom stereocenters. The van der Waals surface area contributed by atoms with Crippen molar-refractivity contribution in [3.05, 3.63) is 65.2 Å². The van der Waals surface area contributed by atoms with E-state index in [0.29, 0.717) is 42.7 Å². The van der Waals surface area contributed by atoms with Gasteiger partial charge in [-0.15, -0.1) is 0 Å². The molecule has 136 valence electrons. The van der Waals surface area contributed by atoms with Crippen LogP contribution in [0.5, 0.6) is 0 Å². The summed E-state index contributed by atoms with van der Waals surface area (Å²) in [7, 11) is 0. The molecule has 2 amide bonds. The summed E-state index contributed by atoms with van der Waals surface area (Å²) < 4.78 is 26.2. The number of carbonyl (C=O) groups excluding carboxylic acids is 2. The van der Waals surface area contributed by atoms with Gasteiger partial charge >= 0.3 is 0 Å². The first-order valence-electron chi connectivity index (χ1n) is 8.56. The number of anilines is 1. The third kappa shape index (κ3) is 4.07. The summed E-state index contributed by atoms with van der Waals surface area (Å²) in [5, 5.41) is 2.82. The van der Waals surface area contributed by atoms with Gasteiger partial charge in [0.2, 0.25) is 5.91 Å². The normalized spacial score (nSPS) is 17.0. The van der Waals surface area contributed by atoms with Crippen LogP contribution in [0.4, 0.5) is 14.5 Å². The van der Waals surface area contributed by atoms with Gasteiger partial charge < -0.3 is 10.2 Å². The third-order valence-electron chi connectivity index (χ3n) is 4.62. The Kier molecular flexibility index (Phi) is 5.30. The molecule has 0 spiro atoms. The molecule has 0 aliphatic carbocycles. The Hall–Kier alpha value is -2.76. The number of aryl methyl sites for hydroxylation is 1. The second kappa shape index (κ2) is 7.64. The minimum atomic E-state index is -0.396. The monoisotopic (exact) mass is 358 g/mol. The largest absolute Gasteiger partial charge is 0.338 e. The molecule has 1 saturated heterocycles. The van der Waals surface area contributed by atoms with Crippen molar-refractivity contribution in [1.82, 2.24) is 4.90 Å². The van der Waals surface area contributed by atoms with Crippen LogP contribution in [0.3, 0.4) is 0 Å². The average Bonchev–Trinajstić information content (AvgIpc) is 2.64. The molecule has 26 heavy (non-hydrogen) atoms. The first kappa shape index (κ1) is 18.0. The molecule has 0 bridgehead atoms. The SMILES string of the molecule is Cc1cc(F)ccc1NC(=O)C1CCCN(C(=O)c2ccc(F)cc2)C1. The first-order chi connectivity index (χ1) is 12.4. The molecule has 1 fully saturated rings. The molecule has 1 aliphatic rings. The van der Waals surface area contributed by atoms with Gasteiger partial charge in [-0.05, 0) is 67.8 Å². The summed E-state index contributed by atoms with van der Waals surface area (Å²) in [5.74, 6) is -1.48. The standard InChI is InChI=1S/C20H20F2N2O2/c1-13-11-17(22)8-9-18(13)23-19(25)15-3-2-10-24(12-15)20(26)14-4-6-16(21)7-5-14/h4-9,11,15H,2-3,10,12H2,1H3,(H,23,25). The number of benzene rings is 2. The molecular weight excluding hydrogens is 338 g/mol. The molecule has 0 radical (unpaired) electrons. The van der Waals surface area contributed by atoms with Crippen molar-refractivity contribution in [3.8, 4) is 0 Å². The van der Waals surface area contributed by atoms with E-state index in [1.54, 1.807) is 11.8 Å². The number of likely N-dealkylation sites (tertiary alicyclic amines) is 1. The van der Waals surface area contributed by atoms with Crippen molar-refractivity contribution < 1.29 is 18.4 Å².